The van der Waals surface area contributed by atoms with E-state index in [1.54, 1.807) is 11.3 Å². The highest BCUT2D eigenvalue weighted by Gasteiger charge is 2.10. The van der Waals surface area contributed by atoms with Crippen molar-refractivity contribution in [1.29, 1.82) is 0 Å². The van der Waals surface area contributed by atoms with Crippen LogP contribution in [0.1, 0.15) is 16.0 Å². The zero-order valence-electron chi connectivity index (χ0n) is 10.3. The Bertz CT molecular complexity index is 493. The zero-order valence-corrected chi connectivity index (χ0v) is 12.7. The average molecular weight is 325 g/mol. The molecule has 1 aromatic heterocycles. The van der Waals surface area contributed by atoms with Gasteiger partial charge >= 0.3 is 0 Å². The fourth-order valence-corrected chi connectivity index (χ4v) is 3.44. The lowest BCUT2D eigenvalue weighted by atomic mass is 10.0. The number of hydrogen-bond acceptors (Lipinski definition) is 3. The first-order chi connectivity index (χ1) is 8.67. The number of halogens is 1. The van der Waals surface area contributed by atoms with Crippen LogP contribution in [0.3, 0.4) is 0 Å². The van der Waals surface area contributed by atoms with Crippen LogP contribution in [0.25, 0.3) is 0 Å². The van der Waals surface area contributed by atoms with E-state index >= 15 is 0 Å². The second kappa shape index (κ2) is 6.48. The molecular weight excluding hydrogens is 308 g/mol. The molecule has 0 radical (unpaired) electrons. The summed E-state index contributed by atoms with van der Waals surface area (Å²) in [5, 5.41) is 2.11. The number of aryl methyl sites for hydroxylation is 1. The molecule has 0 bridgehead atoms. The van der Waals surface area contributed by atoms with Crippen LogP contribution in [-0.4, -0.2) is 6.04 Å². The van der Waals surface area contributed by atoms with Gasteiger partial charge in [0.05, 0.1) is 0 Å². The van der Waals surface area contributed by atoms with Crippen molar-refractivity contribution >= 4 is 27.3 Å². The predicted octanol–water partition coefficient (Wildman–Crippen LogP) is 3.44. The average Bonchev–Trinajstić information content (AvgIpc) is 2.77. The number of rotatable bonds is 5. The Morgan fingerprint density at radius 1 is 1.28 bits per heavy atom. The summed E-state index contributed by atoms with van der Waals surface area (Å²) >= 11 is 5.24. The van der Waals surface area contributed by atoms with E-state index in [0.29, 0.717) is 0 Å². The van der Waals surface area contributed by atoms with Crippen LogP contribution in [0.2, 0.25) is 0 Å². The van der Waals surface area contributed by atoms with Gasteiger partial charge in [0.15, 0.2) is 0 Å². The summed E-state index contributed by atoms with van der Waals surface area (Å²) in [7, 11) is 0. The molecule has 0 fully saturated rings. The molecule has 0 amide bonds. The summed E-state index contributed by atoms with van der Waals surface area (Å²) < 4.78 is 1.15. The molecule has 1 aromatic carbocycles. The summed E-state index contributed by atoms with van der Waals surface area (Å²) in [6.45, 7) is 2.10. The molecule has 0 aliphatic carbocycles. The Kier molecular flexibility index (Phi) is 4.95. The molecular formula is C14H17BrN2S. The van der Waals surface area contributed by atoms with Gasteiger partial charge in [0, 0.05) is 20.8 Å². The lowest BCUT2D eigenvalue weighted by molar-refractivity contribution is 0.525. The maximum Gasteiger partial charge on any atom is 0.0299 e. The van der Waals surface area contributed by atoms with Crippen molar-refractivity contribution < 1.29 is 0 Å². The number of thiophene rings is 1. The molecule has 1 heterocycles. The van der Waals surface area contributed by atoms with Crippen LogP contribution in [0.5, 0.6) is 0 Å². The molecule has 1 atom stereocenters. The number of hydrogen-bond donors (Lipinski definition) is 2. The van der Waals surface area contributed by atoms with Gasteiger partial charge in [0.2, 0.25) is 0 Å². The standard InChI is InChI=1S/C14H17BrN2S/c1-10-2-4-11(5-3-10)6-13(17-16)8-14-7-12(15)9-18-14/h2-5,7,9,13,17H,6,8,16H2,1H3. The normalized spacial score (nSPS) is 12.6. The van der Waals surface area contributed by atoms with Crippen LogP contribution in [-0.2, 0) is 12.8 Å². The molecule has 4 heteroatoms. The van der Waals surface area contributed by atoms with Crippen molar-refractivity contribution in [2.75, 3.05) is 0 Å². The van der Waals surface area contributed by atoms with Gasteiger partial charge in [-0.2, -0.15) is 0 Å². The minimum Gasteiger partial charge on any atom is -0.271 e. The predicted molar refractivity (Wildman–Crippen MR) is 81.7 cm³/mol. The molecule has 0 aliphatic heterocycles. The first-order valence-corrected chi connectivity index (χ1v) is 7.59. The Hall–Kier alpha value is -0.680. The highest BCUT2D eigenvalue weighted by Crippen LogP contribution is 2.21. The number of benzene rings is 1. The number of hydrazine groups is 1. The maximum atomic E-state index is 5.65. The third-order valence-corrected chi connectivity index (χ3v) is 4.63. The summed E-state index contributed by atoms with van der Waals surface area (Å²) in [5.74, 6) is 5.65. The molecule has 2 rings (SSSR count). The van der Waals surface area contributed by atoms with Crippen molar-refractivity contribution in [2.45, 2.75) is 25.8 Å². The van der Waals surface area contributed by atoms with E-state index in [1.165, 1.54) is 16.0 Å². The van der Waals surface area contributed by atoms with Gasteiger partial charge < -0.3 is 0 Å². The van der Waals surface area contributed by atoms with Crippen LogP contribution in [0, 0.1) is 6.92 Å². The summed E-state index contributed by atoms with van der Waals surface area (Å²) in [6.07, 6.45) is 1.91. The monoisotopic (exact) mass is 324 g/mol. The molecule has 96 valence electrons. The minimum absolute atomic E-state index is 0.276. The molecule has 2 aromatic rings. The second-order valence-electron chi connectivity index (χ2n) is 4.49. The molecule has 18 heavy (non-hydrogen) atoms. The molecule has 0 aliphatic rings. The molecule has 1 unspecified atom stereocenters. The van der Waals surface area contributed by atoms with E-state index in [0.717, 1.165) is 17.3 Å². The molecule has 0 spiro atoms. The Balaban J connectivity index is 1.99. The van der Waals surface area contributed by atoms with Gasteiger partial charge in [-0.05, 0) is 47.3 Å². The van der Waals surface area contributed by atoms with Crippen LogP contribution in [0.15, 0.2) is 40.2 Å². The molecule has 0 saturated carbocycles. The van der Waals surface area contributed by atoms with Gasteiger partial charge in [-0.3, -0.25) is 11.3 Å². The van der Waals surface area contributed by atoms with Crippen molar-refractivity contribution in [3.05, 3.63) is 56.2 Å². The van der Waals surface area contributed by atoms with Crippen molar-refractivity contribution in [2.24, 2.45) is 5.84 Å². The Morgan fingerprint density at radius 2 is 2.00 bits per heavy atom. The Morgan fingerprint density at radius 3 is 2.56 bits per heavy atom. The maximum absolute atomic E-state index is 5.65. The largest absolute Gasteiger partial charge is 0.271 e. The fourth-order valence-electron chi connectivity index (χ4n) is 1.90. The quantitative estimate of drug-likeness (QED) is 0.653. The van der Waals surface area contributed by atoms with E-state index in [-0.39, 0.29) is 6.04 Å². The van der Waals surface area contributed by atoms with Crippen molar-refractivity contribution in [3.63, 3.8) is 0 Å². The first kappa shape index (κ1) is 13.7. The van der Waals surface area contributed by atoms with Gasteiger partial charge in [-0.25, -0.2) is 0 Å². The zero-order chi connectivity index (χ0) is 13.0. The van der Waals surface area contributed by atoms with E-state index in [9.17, 15) is 0 Å². The van der Waals surface area contributed by atoms with Gasteiger partial charge in [0.1, 0.15) is 0 Å². The summed E-state index contributed by atoms with van der Waals surface area (Å²) in [4.78, 5) is 1.34. The molecule has 3 N–H and O–H groups in total. The van der Waals surface area contributed by atoms with E-state index in [1.807, 2.05) is 0 Å². The highest BCUT2D eigenvalue weighted by molar-refractivity contribution is 9.10. The summed E-state index contributed by atoms with van der Waals surface area (Å²) in [6, 6.07) is 11.1. The SMILES string of the molecule is Cc1ccc(CC(Cc2cc(Br)cs2)NN)cc1. The van der Waals surface area contributed by atoms with Crippen LogP contribution >= 0.6 is 27.3 Å². The lowest BCUT2D eigenvalue weighted by Gasteiger charge is -2.15. The van der Waals surface area contributed by atoms with Gasteiger partial charge in [0.25, 0.3) is 0 Å². The number of nitrogens with one attached hydrogen (secondary N) is 1. The van der Waals surface area contributed by atoms with Crippen LogP contribution < -0.4 is 11.3 Å². The smallest absolute Gasteiger partial charge is 0.0299 e. The van der Waals surface area contributed by atoms with Gasteiger partial charge in [-0.1, -0.05) is 29.8 Å². The minimum atomic E-state index is 0.276. The first-order valence-electron chi connectivity index (χ1n) is 5.92. The molecule has 0 saturated heterocycles. The molecule has 2 nitrogen and oxygen atoms in total. The third kappa shape index (κ3) is 3.92. The topological polar surface area (TPSA) is 38.0 Å². The second-order valence-corrected chi connectivity index (χ2v) is 6.40. The van der Waals surface area contributed by atoms with Crippen LogP contribution in [0.4, 0.5) is 0 Å². The van der Waals surface area contributed by atoms with Gasteiger partial charge in [-0.15, -0.1) is 11.3 Å². The third-order valence-electron chi connectivity index (χ3n) is 2.91. The Labute approximate surface area is 120 Å². The number of nitrogens with two attached hydrogens (primary N) is 1. The fraction of sp³-hybridized carbons (Fsp3) is 0.286. The van der Waals surface area contributed by atoms with E-state index in [2.05, 4.69) is 64.0 Å². The lowest BCUT2D eigenvalue weighted by Crippen LogP contribution is -2.38. The van der Waals surface area contributed by atoms with E-state index < -0.39 is 0 Å². The summed E-state index contributed by atoms with van der Waals surface area (Å²) in [5.41, 5.74) is 5.52. The van der Waals surface area contributed by atoms with Crippen molar-refractivity contribution in [1.82, 2.24) is 5.43 Å². The van der Waals surface area contributed by atoms with Crippen molar-refractivity contribution in [3.8, 4) is 0 Å². The highest BCUT2D eigenvalue weighted by atomic mass is 79.9. The van der Waals surface area contributed by atoms with E-state index in [4.69, 9.17) is 5.84 Å².